The molecule has 0 bridgehead atoms. The van der Waals surface area contributed by atoms with E-state index in [0.29, 0.717) is 18.4 Å². The van der Waals surface area contributed by atoms with E-state index in [2.05, 4.69) is 24.9 Å². The fourth-order valence-corrected chi connectivity index (χ4v) is 3.21. The second-order valence-corrected chi connectivity index (χ2v) is 6.55. The van der Waals surface area contributed by atoms with Gasteiger partial charge in [0.1, 0.15) is 5.82 Å². The van der Waals surface area contributed by atoms with Crippen LogP contribution in [-0.4, -0.2) is 53.0 Å². The summed E-state index contributed by atoms with van der Waals surface area (Å²) in [5.74, 6) is 2.03. The summed E-state index contributed by atoms with van der Waals surface area (Å²) in [7, 11) is 1.60. The molecule has 28 heavy (non-hydrogen) atoms. The molecule has 8 heteroatoms. The first-order valence-electron chi connectivity index (χ1n) is 9.22. The third-order valence-corrected chi connectivity index (χ3v) is 4.74. The molecule has 1 fully saturated rings. The number of rotatable bonds is 5. The second kappa shape index (κ2) is 8.08. The summed E-state index contributed by atoms with van der Waals surface area (Å²) in [6.07, 6.45) is 1.70. The Morgan fingerprint density at radius 3 is 2.46 bits per heavy atom. The minimum Gasteiger partial charge on any atom is -0.481 e. The lowest BCUT2D eigenvalue weighted by atomic mass is 10.2. The zero-order chi connectivity index (χ0) is 19.3. The summed E-state index contributed by atoms with van der Waals surface area (Å²) in [4.78, 5) is 25.2. The van der Waals surface area contributed by atoms with Gasteiger partial charge in [-0.3, -0.25) is 4.79 Å². The Kier molecular flexibility index (Phi) is 5.18. The fourth-order valence-electron chi connectivity index (χ4n) is 3.21. The van der Waals surface area contributed by atoms with Gasteiger partial charge in [-0.1, -0.05) is 30.3 Å². The van der Waals surface area contributed by atoms with Crippen molar-refractivity contribution in [2.24, 2.45) is 0 Å². The molecule has 0 N–H and O–H groups in total. The van der Waals surface area contributed by atoms with Gasteiger partial charge in [0, 0.05) is 44.5 Å². The van der Waals surface area contributed by atoms with Crippen LogP contribution in [0.4, 0.5) is 11.8 Å². The zero-order valence-electron chi connectivity index (χ0n) is 15.7. The lowest BCUT2D eigenvalue weighted by Gasteiger charge is -2.35. The molecule has 1 aliphatic heterocycles. The van der Waals surface area contributed by atoms with E-state index in [9.17, 15) is 4.79 Å². The van der Waals surface area contributed by atoms with E-state index >= 15 is 0 Å². The van der Waals surface area contributed by atoms with Crippen molar-refractivity contribution in [1.82, 2.24) is 19.7 Å². The minimum atomic E-state index is -0.101. The van der Waals surface area contributed by atoms with E-state index < -0.39 is 0 Å². The second-order valence-electron chi connectivity index (χ2n) is 6.55. The monoisotopic (exact) mass is 378 g/mol. The molecule has 0 atom stereocenters. The minimum absolute atomic E-state index is 0.101. The third-order valence-electron chi connectivity index (χ3n) is 4.74. The van der Waals surface area contributed by atoms with Crippen LogP contribution in [0.15, 0.2) is 59.5 Å². The van der Waals surface area contributed by atoms with Crippen LogP contribution in [0.5, 0.6) is 5.88 Å². The molecule has 0 aliphatic carbocycles. The maximum atomic E-state index is 12.2. The molecule has 0 amide bonds. The predicted molar refractivity (Wildman–Crippen MR) is 107 cm³/mol. The van der Waals surface area contributed by atoms with Crippen LogP contribution in [-0.2, 0) is 6.54 Å². The molecule has 2 aromatic heterocycles. The van der Waals surface area contributed by atoms with Crippen molar-refractivity contribution in [2.75, 3.05) is 43.1 Å². The number of hydrogen-bond donors (Lipinski definition) is 0. The molecule has 1 saturated heterocycles. The Morgan fingerprint density at radius 2 is 1.71 bits per heavy atom. The molecular weight excluding hydrogens is 356 g/mol. The van der Waals surface area contributed by atoms with Gasteiger partial charge in [-0.05, 0) is 11.6 Å². The summed E-state index contributed by atoms with van der Waals surface area (Å²) in [6.45, 7) is 3.55. The zero-order valence-corrected chi connectivity index (χ0v) is 15.7. The first-order valence-corrected chi connectivity index (χ1v) is 9.22. The molecule has 3 aromatic rings. The number of anilines is 2. The molecule has 3 heterocycles. The highest BCUT2D eigenvalue weighted by atomic mass is 16.5. The molecule has 0 spiro atoms. The Bertz CT molecular complexity index is 983. The number of ether oxygens (including phenoxy) is 1. The number of benzene rings is 1. The summed E-state index contributed by atoms with van der Waals surface area (Å²) >= 11 is 0. The van der Waals surface area contributed by atoms with Gasteiger partial charge < -0.3 is 14.5 Å². The molecular formula is C20H22N6O2. The van der Waals surface area contributed by atoms with Gasteiger partial charge >= 0.3 is 0 Å². The van der Waals surface area contributed by atoms with E-state index in [0.717, 1.165) is 37.6 Å². The maximum Gasteiger partial charge on any atom is 0.267 e. The van der Waals surface area contributed by atoms with Crippen molar-refractivity contribution in [3.8, 4) is 5.88 Å². The van der Waals surface area contributed by atoms with Gasteiger partial charge in [0.25, 0.3) is 5.56 Å². The van der Waals surface area contributed by atoms with E-state index in [4.69, 9.17) is 4.74 Å². The first kappa shape index (κ1) is 18.0. The number of hydrogen-bond acceptors (Lipinski definition) is 7. The third kappa shape index (κ3) is 3.95. The Balaban J connectivity index is 1.46. The standard InChI is InChI=1S/C20H22N6O2/c1-28-18-9-10-21-20(22-18)25-13-11-24(12-14-25)17-7-8-19(27)26(23-17)15-16-5-3-2-4-6-16/h2-10H,11-15H2,1H3. The molecule has 8 nitrogen and oxygen atoms in total. The highest BCUT2D eigenvalue weighted by molar-refractivity contribution is 5.41. The number of piperazine rings is 1. The van der Waals surface area contributed by atoms with Crippen molar-refractivity contribution in [3.05, 3.63) is 70.6 Å². The Morgan fingerprint density at radius 1 is 0.964 bits per heavy atom. The molecule has 4 rings (SSSR count). The first-order chi connectivity index (χ1) is 13.7. The largest absolute Gasteiger partial charge is 0.481 e. The highest BCUT2D eigenvalue weighted by Gasteiger charge is 2.21. The van der Waals surface area contributed by atoms with Gasteiger partial charge in [0.15, 0.2) is 0 Å². The topological polar surface area (TPSA) is 76.4 Å². The van der Waals surface area contributed by atoms with Crippen molar-refractivity contribution >= 4 is 11.8 Å². The molecule has 144 valence electrons. The highest BCUT2D eigenvalue weighted by Crippen LogP contribution is 2.17. The van der Waals surface area contributed by atoms with Crippen molar-refractivity contribution < 1.29 is 4.74 Å². The van der Waals surface area contributed by atoms with Gasteiger partial charge in [-0.15, -0.1) is 0 Å². The van der Waals surface area contributed by atoms with Crippen LogP contribution in [0.1, 0.15) is 5.56 Å². The number of nitrogens with zero attached hydrogens (tertiary/aromatic N) is 6. The van der Waals surface area contributed by atoms with Gasteiger partial charge in [0.2, 0.25) is 11.8 Å². The molecule has 0 unspecified atom stereocenters. The number of methoxy groups -OCH3 is 1. The van der Waals surface area contributed by atoms with Crippen LogP contribution >= 0.6 is 0 Å². The molecule has 1 aliphatic rings. The van der Waals surface area contributed by atoms with Crippen molar-refractivity contribution in [3.63, 3.8) is 0 Å². The lowest BCUT2D eigenvalue weighted by Crippen LogP contribution is -2.47. The van der Waals surface area contributed by atoms with Crippen LogP contribution in [0.25, 0.3) is 0 Å². The summed E-state index contributed by atoms with van der Waals surface area (Å²) in [5.41, 5.74) is 0.949. The molecule has 0 saturated carbocycles. The molecule has 1 aromatic carbocycles. The maximum absolute atomic E-state index is 12.2. The van der Waals surface area contributed by atoms with E-state index in [1.165, 1.54) is 4.68 Å². The van der Waals surface area contributed by atoms with E-state index in [-0.39, 0.29) is 5.56 Å². The van der Waals surface area contributed by atoms with Crippen molar-refractivity contribution in [1.29, 1.82) is 0 Å². The van der Waals surface area contributed by atoms with Crippen molar-refractivity contribution in [2.45, 2.75) is 6.54 Å². The Hall–Kier alpha value is -3.42. The van der Waals surface area contributed by atoms with Crippen LogP contribution < -0.4 is 20.1 Å². The summed E-state index contributed by atoms with van der Waals surface area (Å²) in [6, 6.07) is 15.0. The Labute approximate surface area is 163 Å². The lowest BCUT2D eigenvalue weighted by molar-refractivity contribution is 0.396. The van der Waals surface area contributed by atoms with Gasteiger partial charge in [-0.25, -0.2) is 9.67 Å². The smallest absolute Gasteiger partial charge is 0.267 e. The fraction of sp³-hybridized carbons (Fsp3) is 0.300. The van der Waals surface area contributed by atoms with Crippen LogP contribution in [0.2, 0.25) is 0 Å². The SMILES string of the molecule is COc1ccnc(N2CCN(c3ccc(=O)n(Cc4ccccc4)n3)CC2)n1. The normalized spacial score (nSPS) is 14.2. The van der Waals surface area contributed by atoms with E-state index in [1.807, 2.05) is 30.3 Å². The van der Waals surface area contributed by atoms with Gasteiger partial charge in [0.05, 0.1) is 13.7 Å². The average Bonchev–Trinajstić information content (AvgIpc) is 2.76. The molecule has 0 radical (unpaired) electrons. The average molecular weight is 378 g/mol. The van der Waals surface area contributed by atoms with E-state index in [1.54, 1.807) is 31.5 Å². The quantitative estimate of drug-likeness (QED) is 0.664. The van der Waals surface area contributed by atoms with Crippen LogP contribution in [0, 0.1) is 0 Å². The summed E-state index contributed by atoms with van der Waals surface area (Å²) < 4.78 is 6.69. The predicted octanol–water partition coefficient (Wildman–Crippen LogP) is 1.42. The summed E-state index contributed by atoms with van der Waals surface area (Å²) in [5, 5.41) is 4.58. The van der Waals surface area contributed by atoms with Crippen LogP contribution in [0.3, 0.4) is 0 Å². The van der Waals surface area contributed by atoms with Gasteiger partial charge in [-0.2, -0.15) is 10.1 Å². The number of aromatic nitrogens is 4.